The number of urea groups is 1. The molecule has 4 nitrogen and oxygen atoms in total. The smallest absolute Gasteiger partial charge is 0.315 e. The van der Waals surface area contributed by atoms with Gasteiger partial charge in [0.2, 0.25) is 0 Å². The number of hydrogen-bond acceptors (Lipinski definition) is 2. The molecule has 0 heterocycles. The molecule has 0 spiro atoms. The standard InChI is InChI=1S/C16H21ClN2O2/c1-11(20)13-4-8-15(9-5-13)19-16(21)18-10-12-2-6-14(17)7-3-12/h2-3,6-7,13,15H,4-5,8-10H2,1H3,(H2,18,19,21). The summed E-state index contributed by atoms with van der Waals surface area (Å²) in [5.74, 6) is 0.445. The average molecular weight is 309 g/mol. The molecule has 2 N–H and O–H groups in total. The third kappa shape index (κ3) is 5.05. The average Bonchev–Trinajstić information content (AvgIpc) is 2.47. The molecule has 0 atom stereocenters. The van der Waals surface area contributed by atoms with E-state index in [1.165, 1.54) is 0 Å². The van der Waals surface area contributed by atoms with Crippen molar-refractivity contribution < 1.29 is 9.59 Å². The van der Waals surface area contributed by atoms with Gasteiger partial charge in [-0.15, -0.1) is 0 Å². The fraction of sp³-hybridized carbons (Fsp3) is 0.500. The molecule has 21 heavy (non-hydrogen) atoms. The lowest BCUT2D eigenvalue weighted by molar-refractivity contribution is -0.121. The third-order valence-corrected chi connectivity index (χ3v) is 4.26. The van der Waals surface area contributed by atoms with Crippen molar-refractivity contribution >= 4 is 23.4 Å². The first kappa shape index (κ1) is 15.8. The van der Waals surface area contributed by atoms with Gasteiger partial charge in [-0.2, -0.15) is 0 Å². The minimum Gasteiger partial charge on any atom is -0.335 e. The van der Waals surface area contributed by atoms with Gasteiger partial charge in [0.05, 0.1) is 0 Å². The van der Waals surface area contributed by atoms with Crippen molar-refractivity contribution in [3.05, 3.63) is 34.9 Å². The second-order valence-corrected chi connectivity index (χ2v) is 6.05. The zero-order valence-electron chi connectivity index (χ0n) is 12.2. The van der Waals surface area contributed by atoms with E-state index in [1.807, 2.05) is 12.1 Å². The summed E-state index contributed by atoms with van der Waals surface area (Å²) in [6, 6.07) is 7.41. The van der Waals surface area contributed by atoms with Crippen molar-refractivity contribution in [2.75, 3.05) is 0 Å². The van der Waals surface area contributed by atoms with E-state index in [2.05, 4.69) is 10.6 Å². The van der Waals surface area contributed by atoms with Crippen LogP contribution in [-0.4, -0.2) is 17.9 Å². The maximum atomic E-state index is 11.9. The lowest BCUT2D eigenvalue weighted by atomic mass is 9.84. The number of hydrogen-bond donors (Lipinski definition) is 2. The van der Waals surface area contributed by atoms with Crippen molar-refractivity contribution in [2.24, 2.45) is 5.92 Å². The number of ketones is 1. The van der Waals surface area contributed by atoms with Crippen molar-refractivity contribution in [3.8, 4) is 0 Å². The molecule has 2 amide bonds. The van der Waals surface area contributed by atoms with Crippen molar-refractivity contribution in [1.82, 2.24) is 10.6 Å². The van der Waals surface area contributed by atoms with Crippen LogP contribution in [-0.2, 0) is 11.3 Å². The highest BCUT2D eigenvalue weighted by Gasteiger charge is 2.24. The third-order valence-electron chi connectivity index (χ3n) is 4.00. The van der Waals surface area contributed by atoms with Crippen LogP contribution < -0.4 is 10.6 Å². The van der Waals surface area contributed by atoms with E-state index in [0.29, 0.717) is 11.6 Å². The first-order valence-electron chi connectivity index (χ1n) is 7.34. The van der Waals surface area contributed by atoms with E-state index in [-0.39, 0.29) is 23.8 Å². The van der Waals surface area contributed by atoms with E-state index >= 15 is 0 Å². The van der Waals surface area contributed by atoms with Crippen LogP contribution >= 0.6 is 11.6 Å². The topological polar surface area (TPSA) is 58.2 Å². The fourth-order valence-corrected chi connectivity index (χ4v) is 2.79. The zero-order valence-corrected chi connectivity index (χ0v) is 13.0. The molecule has 0 radical (unpaired) electrons. The Labute approximate surface area is 130 Å². The van der Waals surface area contributed by atoms with Gasteiger partial charge < -0.3 is 10.6 Å². The highest BCUT2D eigenvalue weighted by atomic mass is 35.5. The van der Waals surface area contributed by atoms with Gasteiger partial charge in [0.1, 0.15) is 5.78 Å². The van der Waals surface area contributed by atoms with E-state index < -0.39 is 0 Å². The van der Waals surface area contributed by atoms with E-state index in [0.717, 1.165) is 31.2 Å². The zero-order chi connectivity index (χ0) is 15.2. The summed E-state index contributed by atoms with van der Waals surface area (Å²) in [4.78, 5) is 23.2. The summed E-state index contributed by atoms with van der Waals surface area (Å²) < 4.78 is 0. The molecule has 0 bridgehead atoms. The Bertz CT molecular complexity index is 494. The number of carbonyl (C=O) groups excluding carboxylic acids is 2. The van der Waals surface area contributed by atoms with Crippen LogP contribution in [0.25, 0.3) is 0 Å². The monoisotopic (exact) mass is 308 g/mol. The van der Waals surface area contributed by atoms with Crippen molar-refractivity contribution in [2.45, 2.75) is 45.2 Å². The SMILES string of the molecule is CC(=O)C1CCC(NC(=O)NCc2ccc(Cl)cc2)CC1. The summed E-state index contributed by atoms with van der Waals surface area (Å²) in [5.41, 5.74) is 1.01. The molecule has 1 saturated carbocycles. The number of benzene rings is 1. The van der Waals surface area contributed by atoms with Gasteiger partial charge in [-0.1, -0.05) is 23.7 Å². The summed E-state index contributed by atoms with van der Waals surface area (Å²) in [5, 5.41) is 6.50. The minimum atomic E-state index is -0.156. The number of Topliss-reactive ketones (excluding diaryl/α,β-unsaturated/α-hetero) is 1. The van der Waals surface area contributed by atoms with Crippen LogP contribution in [0.5, 0.6) is 0 Å². The fourth-order valence-electron chi connectivity index (χ4n) is 2.67. The normalized spacial score (nSPS) is 21.6. The Kier molecular flexibility index (Phi) is 5.62. The second-order valence-electron chi connectivity index (χ2n) is 5.61. The highest BCUT2D eigenvalue weighted by Crippen LogP contribution is 2.24. The maximum Gasteiger partial charge on any atom is 0.315 e. The molecule has 0 aromatic heterocycles. The molecular formula is C16H21ClN2O2. The van der Waals surface area contributed by atoms with E-state index in [4.69, 9.17) is 11.6 Å². The van der Waals surface area contributed by atoms with Gasteiger partial charge >= 0.3 is 6.03 Å². The van der Waals surface area contributed by atoms with Gasteiger partial charge in [-0.3, -0.25) is 4.79 Å². The van der Waals surface area contributed by atoms with Crippen LogP contribution in [0.3, 0.4) is 0 Å². The summed E-state index contributed by atoms with van der Waals surface area (Å²) >= 11 is 5.81. The van der Waals surface area contributed by atoms with Crippen LogP contribution in [0.15, 0.2) is 24.3 Å². The van der Waals surface area contributed by atoms with Gasteiger partial charge in [-0.25, -0.2) is 4.79 Å². The molecule has 5 heteroatoms. The van der Waals surface area contributed by atoms with Crippen molar-refractivity contribution in [1.29, 1.82) is 0 Å². The Hall–Kier alpha value is -1.55. The molecular weight excluding hydrogens is 288 g/mol. The van der Waals surface area contributed by atoms with Gasteiger partial charge in [-0.05, 0) is 50.3 Å². The molecule has 1 fully saturated rings. The Morgan fingerprint density at radius 3 is 2.33 bits per heavy atom. The molecule has 1 aromatic carbocycles. The second kappa shape index (κ2) is 7.46. The number of nitrogens with one attached hydrogen (secondary N) is 2. The Morgan fingerprint density at radius 1 is 1.14 bits per heavy atom. The lowest BCUT2D eigenvalue weighted by Crippen LogP contribution is -2.43. The number of rotatable bonds is 4. The Balaban J connectivity index is 1.70. The molecule has 0 aliphatic heterocycles. The quantitative estimate of drug-likeness (QED) is 0.896. The predicted molar refractivity (Wildman–Crippen MR) is 83.3 cm³/mol. The number of halogens is 1. The predicted octanol–water partition coefficient (Wildman–Crippen LogP) is 3.29. The van der Waals surface area contributed by atoms with Crippen molar-refractivity contribution in [3.63, 3.8) is 0 Å². The molecule has 0 unspecified atom stereocenters. The number of amides is 2. The van der Waals surface area contributed by atoms with Gasteiger partial charge in [0.25, 0.3) is 0 Å². The summed E-state index contributed by atoms with van der Waals surface area (Å²) in [6.45, 7) is 2.13. The molecule has 1 aromatic rings. The van der Waals surface area contributed by atoms with Gasteiger partial charge in [0, 0.05) is 23.5 Å². The summed E-state index contributed by atoms with van der Waals surface area (Å²) in [6.07, 6.45) is 3.49. The lowest BCUT2D eigenvalue weighted by Gasteiger charge is -2.27. The first-order chi connectivity index (χ1) is 10.0. The minimum absolute atomic E-state index is 0.156. The van der Waals surface area contributed by atoms with E-state index in [1.54, 1.807) is 19.1 Å². The number of carbonyl (C=O) groups is 2. The molecule has 114 valence electrons. The van der Waals surface area contributed by atoms with Crippen LogP contribution in [0.4, 0.5) is 4.79 Å². The molecule has 2 rings (SSSR count). The first-order valence-corrected chi connectivity index (χ1v) is 7.71. The molecule has 1 aliphatic rings. The van der Waals surface area contributed by atoms with Gasteiger partial charge in [0.15, 0.2) is 0 Å². The van der Waals surface area contributed by atoms with Crippen LogP contribution in [0.2, 0.25) is 5.02 Å². The van der Waals surface area contributed by atoms with E-state index in [9.17, 15) is 9.59 Å². The Morgan fingerprint density at radius 2 is 1.76 bits per heavy atom. The highest BCUT2D eigenvalue weighted by molar-refractivity contribution is 6.30. The largest absolute Gasteiger partial charge is 0.335 e. The van der Waals surface area contributed by atoms with Crippen LogP contribution in [0.1, 0.15) is 38.2 Å². The molecule has 1 aliphatic carbocycles. The maximum absolute atomic E-state index is 11.9. The van der Waals surface area contributed by atoms with Crippen LogP contribution in [0, 0.1) is 5.92 Å². The summed E-state index contributed by atoms with van der Waals surface area (Å²) in [7, 11) is 0. The molecule has 0 saturated heterocycles.